The number of fused-ring (bicyclic) bond motifs is 1. The minimum atomic E-state index is 0.289. The molecule has 0 unspecified atom stereocenters. The summed E-state index contributed by atoms with van der Waals surface area (Å²) >= 11 is 0. The molecule has 26 heavy (non-hydrogen) atoms. The Morgan fingerprint density at radius 3 is 2.73 bits per heavy atom. The van der Waals surface area contributed by atoms with Crippen molar-refractivity contribution in [2.75, 3.05) is 0 Å². The van der Waals surface area contributed by atoms with Crippen LogP contribution in [0.4, 0.5) is 0 Å². The fourth-order valence-corrected chi connectivity index (χ4v) is 3.58. The van der Waals surface area contributed by atoms with E-state index >= 15 is 0 Å². The summed E-state index contributed by atoms with van der Waals surface area (Å²) in [4.78, 5) is 15.4. The summed E-state index contributed by atoms with van der Waals surface area (Å²) < 4.78 is 7.59. The monoisotopic (exact) mass is 350 g/mol. The van der Waals surface area contributed by atoms with E-state index in [1.54, 1.807) is 12.1 Å². The molecule has 2 aromatic heterocycles. The van der Waals surface area contributed by atoms with E-state index in [-0.39, 0.29) is 5.41 Å². The fourth-order valence-electron chi connectivity index (χ4n) is 3.58. The van der Waals surface area contributed by atoms with Gasteiger partial charge in [0.25, 0.3) is 5.89 Å². The van der Waals surface area contributed by atoms with Crippen molar-refractivity contribution in [2.45, 2.75) is 46.6 Å². The second-order valence-corrected chi connectivity index (χ2v) is 7.59. The summed E-state index contributed by atoms with van der Waals surface area (Å²) in [5, 5.41) is 8.86. The lowest BCUT2D eigenvalue weighted by atomic mass is 9.76. The van der Waals surface area contributed by atoms with E-state index < -0.39 is 0 Å². The molecule has 0 saturated heterocycles. The number of hydrogen-bond donors (Lipinski definition) is 0. The van der Waals surface area contributed by atoms with Crippen molar-refractivity contribution in [1.29, 1.82) is 0 Å². The maximum absolute atomic E-state index is 10.8. The summed E-state index contributed by atoms with van der Waals surface area (Å²) in [5.41, 5.74) is 5.05. The Balaban J connectivity index is 1.72. The molecule has 6 heteroatoms. The van der Waals surface area contributed by atoms with Gasteiger partial charge in [0.15, 0.2) is 5.69 Å². The molecule has 0 N–H and O–H groups in total. The molecule has 3 aromatic rings. The Morgan fingerprint density at radius 2 is 2.04 bits per heavy atom. The van der Waals surface area contributed by atoms with Crippen LogP contribution in [0.15, 0.2) is 28.8 Å². The number of aldehydes is 1. The summed E-state index contributed by atoms with van der Waals surface area (Å²) in [6.45, 7) is 7.53. The minimum absolute atomic E-state index is 0.289. The van der Waals surface area contributed by atoms with E-state index in [9.17, 15) is 4.79 Å². The molecule has 0 aliphatic heterocycles. The Labute approximate surface area is 152 Å². The standard InChI is InChI=1S/C20H22N4O2/c1-4-24-16-11-20(2,3)10-9-15(16)17(22-24)19-21-18(23-26-19)14-7-5-13(12-25)6-8-14/h5-8,12H,4,9-11H2,1-3H3. The maximum Gasteiger partial charge on any atom is 0.279 e. The summed E-state index contributed by atoms with van der Waals surface area (Å²) in [5.74, 6) is 0.969. The van der Waals surface area contributed by atoms with Crippen molar-refractivity contribution in [2.24, 2.45) is 5.41 Å². The molecular formula is C20H22N4O2. The van der Waals surface area contributed by atoms with Crippen LogP contribution in [0.3, 0.4) is 0 Å². The van der Waals surface area contributed by atoms with Gasteiger partial charge in [0.1, 0.15) is 6.29 Å². The molecule has 1 aromatic carbocycles. The molecule has 0 saturated carbocycles. The van der Waals surface area contributed by atoms with Crippen molar-refractivity contribution in [1.82, 2.24) is 19.9 Å². The van der Waals surface area contributed by atoms with Gasteiger partial charge in [-0.15, -0.1) is 0 Å². The molecule has 4 rings (SSSR count). The first-order chi connectivity index (χ1) is 12.5. The van der Waals surface area contributed by atoms with Crippen LogP contribution in [0.2, 0.25) is 0 Å². The highest BCUT2D eigenvalue weighted by atomic mass is 16.5. The van der Waals surface area contributed by atoms with Crippen molar-refractivity contribution in [3.63, 3.8) is 0 Å². The molecule has 0 spiro atoms. The van der Waals surface area contributed by atoms with Crippen LogP contribution in [0.1, 0.15) is 48.8 Å². The lowest BCUT2D eigenvalue weighted by molar-refractivity contribution is 0.112. The smallest absolute Gasteiger partial charge is 0.279 e. The lowest BCUT2D eigenvalue weighted by Crippen LogP contribution is -2.24. The van der Waals surface area contributed by atoms with E-state index in [2.05, 4.69) is 35.6 Å². The second kappa shape index (κ2) is 6.20. The first-order valence-electron chi connectivity index (χ1n) is 8.99. The van der Waals surface area contributed by atoms with Gasteiger partial charge in [-0.25, -0.2) is 0 Å². The van der Waals surface area contributed by atoms with Gasteiger partial charge < -0.3 is 4.52 Å². The van der Waals surface area contributed by atoms with Crippen LogP contribution in [0, 0.1) is 5.41 Å². The van der Waals surface area contributed by atoms with Gasteiger partial charge in [-0.05, 0) is 31.6 Å². The topological polar surface area (TPSA) is 73.8 Å². The van der Waals surface area contributed by atoms with Crippen molar-refractivity contribution in [3.8, 4) is 23.0 Å². The molecule has 0 bridgehead atoms. The van der Waals surface area contributed by atoms with Gasteiger partial charge in [0.2, 0.25) is 5.82 Å². The van der Waals surface area contributed by atoms with E-state index in [1.165, 1.54) is 11.3 Å². The van der Waals surface area contributed by atoms with Crippen LogP contribution in [0.5, 0.6) is 0 Å². The highest BCUT2D eigenvalue weighted by Gasteiger charge is 2.32. The van der Waals surface area contributed by atoms with Crippen LogP contribution < -0.4 is 0 Å². The molecule has 1 aliphatic rings. The van der Waals surface area contributed by atoms with Gasteiger partial charge in [-0.2, -0.15) is 10.1 Å². The van der Waals surface area contributed by atoms with E-state index in [0.29, 0.717) is 17.3 Å². The predicted octanol–water partition coefficient (Wildman–Crippen LogP) is 3.95. The Bertz CT molecular complexity index is 951. The minimum Gasteiger partial charge on any atom is -0.332 e. The Kier molecular flexibility index (Phi) is 3.98. The maximum atomic E-state index is 10.8. The third-order valence-corrected chi connectivity index (χ3v) is 5.10. The highest BCUT2D eigenvalue weighted by Crippen LogP contribution is 2.38. The highest BCUT2D eigenvalue weighted by molar-refractivity contribution is 5.76. The summed E-state index contributed by atoms with van der Waals surface area (Å²) in [6.07, 6.45) is 3.92. The quantitative estimate of drug-likeness (QED) is 0.666. The number of rotatable bonds is 4. The first-order valence-corrected chi connectivity index (χ1v) is 8.99. The molecule has 6 nitrogen and oxygen atoms in total. The van der Waals surface area contributed by atoms with Gasteiger partial charge >= 0.3 is 0 Å². The number of carbonyl (C=O) groups excluding carboxylic acids is 1. The van der Waals surface area contributed by atoms with Crippen LogP contribution >= 0.6 is 0 Å². The number of aromatic nitrogens is 4. The largest absolute Gasteiger partial charge is 0.332 e. The van der Waals surface area contributed by atoms with Gasteiger partial charge in [-0.1, -0.05) is 43.3 Å². The number of nitrogens with zero attached hydrogens (tertiary/aromatic N) is 4. The fraction of sp³-hybridized carbons (Fsp3) is 0.400. The molecule has 0 atom stereocenters. The second-order valence-electron chi connectivity index (χ2n) is 7.59. The third-order valence-electron chi connectivity index (χ3n) is 5.10. The summed E-state index contributed by atoms with van der Waals surface area (Å²) in [6, 6.07) is 7.13. The normalized spacial score (nSPS) is 15.7. The zero-order valence-corrected chi connectivity index (χ0v) is 15.3. The molecule has 0 radical (unpaired) electrons. The zero-order chi connectivity index (χ0) is 18.3. The average Bonchev–Trinajstić information content (AvgIpc) is 3.25. The molecule has 134 valence electrons. The molecule has 0 amide bonds. The van der Waals surface area contributed by atoms with Crippen LogP contribution in [-0.4, -0.2) is 26.2 Å². The zero-order valence-electron chi connectivity index (χ0n) is 15.3. The Morgan fingerprint density at radius 1 is 1.27 bits per heavy atom. The molecule has 0 fully saturated rings. The third kappa shape index (κ3) is 2.85. The SMILES string of the molecule is CCn1nc(-c2nc(-c3ccc(C=O)cc3)no2)c2c1CC(C)(C)CC2. The molecule has 1 aliphatic carbocycles. The number of hydrogen-bond acceptors (Lipinski definition) is 5. The van der Waals surface area contributed by atoms with Crippen LogP contribution in [0.25, 0.3) is 23.0 Å². The number of aryl methyl sites for hydroxylation is 1. The average molecular weight is 350 g/mol. The molecule has 2 heterocycles. The summed E-state index contributed by atoms with van der Waals surface area (Å²) in [7, 11) is 0. The van der Waals surface area contributed by atoms with Crippen molar-refractivity contribution >= 4 is 6.29 Å². The van der Waals surface area contributed by atoms with E-state index in [1.807, 2.05) is 12.1 Å². The number of carbonyl (C=O) groups is 1. The van der Waals surface area contributed by atoms with E-state index in [0.717, 1.165) is 43.4 Å². The van der Waals surface area contributed by atoms with Gasteiger partial charge in [0, 0.05) is 28.9 Å². The lowest BCUT2D eigenvalue weighted by Gasteiger charge is -2.30. The van der Waals surface area contributed by atoms with Crippen molar-refractivity contribution in [3.05, 3.63) is 41.1 Å². The predicted molar refractivity (Wildman–Crippen MR) is 97.8 cm³/mol. The molecular weight excluding hydrogens is 328 g/mol. The van der Waals surface area contributed by atoms with Gasteiger partial charge in [-0.3, -0.25) is 9.48 Å². The first kappa shape index (κ1) is 16.7. The number of benzene rings is 1. The van der Waals surface area contributed by atoms with Crippen molar-refractivity contribution < 1.29 is 9.32 Å². The van der Waals surface area contributed by atoms with Gasteiger partial charge in [0.05, 0.1) is 0 Å². The Hall–Kier alpha value is -2.76. The van der Waals surface area contributed by atoms with E-state index in [4.69, 9.17) is 9.62 Å². The van der Waals surface area contributed by atoms with Crippen LogP contribution in [-0.2, 0) is 19.4 Å².